The largest absolute Gasteiger partial charge is 0.466 e. The van der Waals surface area contributed by atoms with Crippen molar-refractivity contribution < 1.29 is 23.9 Å². The molecule has 0 aliphatic carbocycles. The molecule has 2 heterocycles. The summed E-state index contributed by atoms with van der Waals surface area (Å²) in [4.78, 5) is 48.0. The van der Waals surface area contributed by atoms with E-state index in [4.69, 9.17) is 14.5 Å². The van der Waals surface area contributed by atoms with Crippen LogP contribution < -0.4 is 15.6 Å². The highest BCUT2D eigenvalue weighted by atomic mass is 35.5. The summed E-state index contributed by atoms with van der Waals surface area (Å²) < 4.78 is 12.1. The molecule has 4 rings (SSSR count). The smallest absolute Gasteiger partial charge is 0.427 e. The number of aromatic nitrogens is 3. The van der Waals surface area contributed by atoms with Crippen molar-refractivity contribution >= 4 is 59.1 Å². The summed E-state index contributed by atoms with van der Waals surface area (Å²) in [6.07, 6.45) is 6.79. The van der Waals surface area contributed by atoms with Gasteiger partial charge in [0.2, 0.25) is 0 Å². The van der Waals surface area contributed by atoms with E-state index in [1.807, 2.05) is 41.9 Å². The van der Waals surface area contributed by atoms with E-state index in [1.54, 1.807) is 49.7 Å². The second-order valence-corrected chi connectivity index (χ2v) is 10.5. The van der Waals surface area contributed by atoms with Crippen LogP contribution in [0.3, 0.4) is 0 Å². The Balaban J connectivity index is 0.00000600. The maximum atomic E-state index is 13.6. The lowest BCUT2D eigenvalue weighted by molar-refractivity contribution is -0.142. The number of hydrogen-bond acceptors (Lipinski definition) is 9. The van der Waals surface area contributed by atoms with Gasteiger partial charge in [0.25, 0.3) is 5.91 Å². The average Bonchev–Trinajstić information content (AvgIpc) is 3.39. The number of amides is 2. The van der Waals surface area contributed by atoms with Crippen molar-refractivity contribution in [3.63, 3.8) is 0 Å². The van der Waals surface area contributed by atoms with E-state index in [1.165, 1.54) is 4.90 Å². The van der Waals surface area contributed by atoms with Crippen LogP contribution >= 0.6 is 12.4 Å². The van der Waals surface area contributed by atoms with Crippen LogP contribution in [0, 0.1) is 0 Å². The molecule has 0 fully saturated rings. The Morgan fingerprint density at radius 2 is 1.81 bits per heavy atom. The maximum absolute atomic E-state index is 13.6. The number of fused-ring (bicyclic) bond motifs is 1. The average molecular weight is 664 g/mol. The second-order valence-electron chi connectivity index (χ2n) is 10.5. The van der Waals surface area contributed by atoms with Crippen molar-refractivity contribution in [1.29, 1.82) is 0 Å². The number of imidazole rings is 1. The lowest BCUT2D eigenvalue weighted by atomic mass is 10.1. The van der Waals surface area contributed by atoms with Crippen molar-refractivity contribution in [2.24, 2.45) is 12.1 Å². The van der Waals surface area contributed by atoms with Crippen molar-refractivity contribution in [2.45, 2.75) is 52.5 Å². The summed E-state index contributed by atoms with van der Waals surface area (Å²) in [5, 5.41) is 7.33. The van der Waals surface area contributed by atoms with Crippen LogP contribution in [0.15, 0.2) is 72.0 Å². The van der Waals surface area contributed by atoms with E-state index in [2.05, 4.69) is 27.8 Å². The highest BCUT2D eigenvalue weighted by Crippen LogP contribution is 2.21. The summed E-state index contributed by atoms with van der Waals surface area (Å²) in [5.41, 5.74) is 6.07. The first kappa shape index (κ1) is 36.5. The summed E-state index contributed by atoms with van der Waals surface area (Å²) >= 11 is 0. The van der Waals surface area contributed by atoms with Crippen molar-refractivity contribution in [3.05, 3.63) is 83.8 Å². The predicted octanol–water partition coefficient (Wildman–Crippen LogP) is 6.24. The molecule has 0 unspecified atom stereocenters. The normalized spacial score (nSPS) is 10.8. The zero-order chi connectivity index (χ0) is 32.7. The molecule has 47 heavy (non-hydrogen) atoms. The van der Waals surface area contributed by atoms with Crippen molar-refractivity contribution in [3.8, 4) is 0 Å². The van der Waals surface area contributed by atoms with Crippen LogP contribution in [0.5, 0.6) is 0 Å². The van der Waals surface area contributed by atoms with E-state index in [0.29, 0.717) is 30.0 Å². The number of benzene rings is 2. The SMILES string of the molecule is CCCCCCOC(=O)NN=Cc1ccc(NCc2nc3cc(C(=O)N(CCC(=O)OCC)c4ccccn4)ccc3n2C)cc1.Cl. The fourth-order valence-electron chi connectivity index (χ4n) is 4.72. The molecule has 0 saturated carbocycles. The molecule has 0 saturated heterocycles. The number of anilines is 2. The number of nitrogens with zero attached hydrogens (tertiary/aromatic N) is 5. The quantitative estimate of drug-likeness (QED) is 0.0621. The van der Waals surface area contributed by atoms with Gasteiger partial charge in [-0.15, -0.1) is 12.4 Å². The Hall–Kier alpha value is -4.97. The maximum Gasteiger partial charge on any atom is 0.427 e. The fourth-order valence-corrected chi connectivity index (χ4v) is 4.72. The molecule has 0 bridgehead atoms. The number of unbranched alkanes of at least 4 members (excludes halogenated alkanes) is 3. The molecule has 0 atom stereocenters. The minimum atomic E-state index is -0.565. The summed E-state index contributed by atoms with van der Waals surface area (Å²) in [5.74, 6) is 0.575. The Labute approximate surface area is 281 Å². The third kappa shape index (κ3) is 10.8. The number of carbonyl (C=O) groups excluding carboxylic acids is 3. The minimum Gasteiger partial charge on any atom is -0.466 e. The highest BCUT2D eigenvalue weighted by Gasteiger charge is 2.21. The standard InChI is InChI=1S/C34H41N7O5.ClH/c1-4-6-7-10-21-46-34(44)39-37-23-25-12-15-27(16-13-25)36-24-31-38-28-22-26(14-17-29(28)40(31)3)33(43)41(20-18-32(42)45-5-2)30-11-8-9-19-35-30;/h8-9,11-17,19,22-23,36H,4-7,10,18,20-21,24H2,1-3H3,(H,39,44);1H. The van der Waals surface area contributed by atoms with Crippen molar-refractivity contribution in [2.75, 3.05) is 30.0 Å². The van der Waals surface area contributed by atoms with E-state index < -0.39 is 6.09 Å². The van der Waals surface area contributed by atoms with Crippen LogP contribution in [-0.2, 0) is 27.9 Å². The number of rotatable bonds is 16. The predicted molar refractivity (Wildman–Crippen MR) is 185 cm³/mol. The van der Waals surface area contributed by atoms with Gasteiger partial charge in [-0.05, 0) is 61.4 Å². The molecule has 0 aliphatic rings. The highest BCUT2D eigenvalue weighted by molar-refractivity contribution is 6.07. The van der Waals surface area contributed by atoms with Crippen LogP contribution in [0.25, 0.3) is 11.0 Å². The number of halogens is 1. The molecule has 2 amide bonds. The number of nitrogens with one attached hydrogen (secondary N) is 2. The third-order valence-electron chi connectivity index (χ3n) is 7.20. The van der Waals surface area contributed by atoms with Gasteiger partial charge in [0.05, 0.1) is 43.4 Å². The zero-order valence-electron chi connectivity index (χ0n) is 27.0. The monoisotopic (exact) mass is 663 g/mol. The van der Waals surface area contributed by atoms with Gasteiger partial charge < -0.3 is 19.4 Å². The van der Waals surface area contributed by atoms with Crippen LogP contribution in [0.2, 0.25) is 0 Å². The topological polar surface area (TPSA) is 140 Å². The first-order valence-electron chi connectivity index (χ1n) is 15.5. The number of hydrogen-bond donors (Lipinski definition) is 2. The number of aryl methyl sites for hydroxylation is 1. The van der Waals surface area contributed by atoms with Gasteiger partial charge >= 0.3 is 12.1 Å². The van der Waals surface area contributed by atoms with Crippen LogP contribution in [0.4, 0.5) is 16.3 Å². The number of pyridine rings is 1. The van der Waals surface area contributed by atoms with E-state index in [9.17, 15) is 14.4 Å². The van der Waals surface area contributed by atoms with Gasteiger partial charge in [0, 0.05) is 31.0 Å². The van der Waals surface area contributed by atoms with Gasteiger partial charge in [-0.1, -0.05) is 44.4 Å². The lowest BCUT2D eigenvalue weighted by Crippen LogP contribution is -2.34. The number of hydrazone groups is 1. The molecule has 0 spiro atoms. The molecule has 2 aromatic heterocycles. The Kier molecular flexibility index (Phi) is 14.7. The number of esters is 1. The lowest BCUT2D eigenvalue weighted by Gasteiger charge is -2.21. The van der Waals surface area contributed by atoms with Gasteiger partial charge in [-0.3, -0.25) is 14.5 Å². The Morgan fingerprint density at radius 1 is 1.00 bits per heavy atom. The zero-order valence-corrected chi connectivity index (χ0v) is 27.8. The van der Waals surface area contributed by atoms with Gasteiger partial charge in [-0.2, -0.15) is 5.10 Å². The Morgan fingerprint density at radius 3 is 2.53 bits per heavy atom. The molecule has 13 heteroatoms. The molecule has 4 aromatic rings. The minimum absolute atomic E-state index is 0. The molecule has 0 aliphatic heterocycles. The first-order valence-corrected chi connectivity index (χ1v) is 15.5. The summed E-state index contributed by atoms with van der Waals surface area (Å²) in [6, 6.07) is 18.3. The summed E-state index contributed by atoms with van der Waals surface area (Å²) in [7, 11) is 1.93. The van der Waals surface area contributed by atoms with E-state index >= 15 is 0 Å². The molecular formula is C34H42ClN7O5. The van der Waals surface area contributed by atoms with Gasteiger partial charge in [0.15, 0.2) is 0 Å². The summed E-state index contributed by atoms with van der Waals surface area (Å²) in [6.45, 7) is 5.13. The van der Waals surface area contributed by atoms with Crippen LogP contribution in [-0.4, -0.2) is 58.5 Å². The van der Waals surface area contributed by atoms with E-state index in [0.717, 1.165) is 48.3 Å². The van der Waals surface area contributed by atoms with E-state index in [-0.39, 0.29) is 43.9 Å². The van der Waals surface area contributed by atoms with Crippen LogP contribution in [0.1, 0.15) is 67.7 Å². The molecule has 2 N–H and O–H groups in total. The Bertz CT molecular complexity index is 1630. The van der Waals surface area contributed by atoms with Gasteiger partial charge in [0.1, 0.15) is 11.6 Å². The second kappa shape index (κ2) is 18.9. The molecule has 0 radical (unpaired) electrons. The molecule has 2 aromatic carbocycles. The third-order valence-corrected chi connectivity index (χ3v) is 7.20. The van der Waals surface area contributed by atoms with Gasteiger partial charge in [-0.25, -0.2) is 20.2 Å². The molecular weight excluding hydrogens is 622 g/mol. The number of carbonyl (C=O) groups is 3. The molecule has 12 nitrogen and oxygen atoms in total. The fraction of sp³-hybridized carbons (Fsp3) is 0.353. The van der Waals surface area contributed by atoms with Crippen molar-refractivity contribution in [1.82, 2.24) is 20.0 Å². The molecule has 250 valence electrons. The first-order chi connectivity index (χ1) is 22.4. The number of ether oxygens (including phenoxy) is 2.